The summed E-state index contributed by atoms with van der Waals surface area (Å²) < 4.78 is 0. The van der Waals surface area contributed by atoms with Gasteiger partial charge < -0.3 is 10.4 Å². The van der Waals surface area contributed by atoms with E-state index in [4.69, 9.17) is 11.5 Å². The van der Waals surface area contributed by atoms with Crippen molar-refractivity contribution in [1.29, 1.82) is 0 Å². The molecule has 1 aliphatic heterocycles. The molecule has 5 nitrogen and oxygen atoms in total. The molecule has 19 heavy (non-hydrogen) atoms. The molecule has 96 valence electrons. The van der Waals surface area contributed by atoms with Crippen molar-refractivity contribution < 1.29 is 14.7 Å². The van der Waals surface area contributed by atoms with Gasteiger partial charge >= 0.3 is 0 Å². The Labute approximate surface area is 110 Å². The van der Waals surface area contributed by atoms with Crippen LogP contribution in [-0.2, 0) is 9.59 Å². The minimum absolute atomic E-state index is 0.0102. The molecule has 0 atom stereocenters. The van der Waals surface area contributed by atoms with Gasteiger partial charge in [0, 0.05) is 17.3 Å². The van der Waals surface area contributed by atoms with Gasteiger partial charge in [-0.05, 0) is 18.2 Å². The number of benzene rings is 1. The van der Waals surface area contributed by atoms with Crippen molar-refractivity contribution in [2.45, 2.75) is 0 Å². The summed E-state index contributed by atoms with van der Waals surface area (Å²) in [5.74, 6) is 1.60. The summed E-state index contributed by atoms with van der Waals surface area (Å²) >= 11 is 0. The highest BCUT2D eigenvalue weighted by atomic mass is 16.3. The average Bonchev–Trinajstić information content (AvgIpc) is 2.67. The zero-order chi connectivity index (χ0) is 13.8. The second kappa shape index (κ2) is 5.38. The predicted octanol–water partition coefficient (Wildman–Crippen LogP) is 0.325. The number of amides is 2. The highest BCUT2D eigenvalue weighted by molar-refractivity contribution is 6.17. The Morgan fingerprint density at radius 3 is 2.84 bits per heavy atom. The Balaban J connectivity index is 2.16. The van der Waals surface area contributed by atoms with Crippen molar-refractivity contribution in [3.05, 3.63) is 41.6 Å². The van der Waals surface area contributed by atoms with Crippen LogP contribution in [0.15, 0.2) is 36.0 Å². The van der Waals surface area contributed by atoms with E-state index in [2.05, 4.69) is 11.2 Å². The van der Waals surface area contributed by atoms with Crippen LogP contribution in [0.4, 0.5) is 5.69 Å². The van der Waals surface area contributed by atoms with E-state index in [1.165, 1.54) is 6.08 Å². The number of terminal acetylenes is 1. The van der Waals surface area contributed by atoms with E-state index in [1.54, 1.807) is 24.3 Å². The van der Waals surface area contributed by atoms with Crippen LogP contribution < -0.4 is 5.32 Å². The maximum atomic E-state index is 11.9. The van der Waals surface area contributed by atoms with Gasteiger partial charge in [0.15, 0.2) is 0 Å². The van der Waals surface area contributed by atoms with Crippen LogP contribution in [0.5, 0.6) is 0 Å². The largest absolute Gasteiger partial charge is 0.395 e. The summed E-state index contributed by atoms with van der Waals surface area (Å²) in [6.07, 6.45) is 6.50. The Kier molecular flexibility index (Phi) is 3.64. The fourth-order valence-corrected chi connectivity index (χ4v) is 1.75. The lowest BCUT2D eigenvalue weighted by atomic mass is 10.2. The van der Waals surface area contributed by atoms with Crippen molar-refractivity contribution in [3.63, 3.8) is 0 Å². The third kappa shape index (κ3) is 2.64. The predicted molar refractivity (Wildman–Crippen MR) is 69.9 cm³/mol. The number of aliphatic hydroxyl groups is 1. The number of β-amino-alcohol motifs (C(OH)–C–C–N with tert-alkyl or cyclic N) is 1. The highest BCUT2D eigenvalue weighted by Gasteiger charge is 2.30. The van der Waals surface area contributed by atoms with Gasteiger partial charge in [0.2, 0.25) is 0 Å². The van der Waals surface area contributed by atoms with Gasteiger partial charge in [0.25, 0.3) is 11.8 Å². The summed E-state index contributed by atoms with van der Waals surface area (Å²) in [6, 6.07) is 6.96. The molecule has 5 heteroatoms. The van der Waals surface area contributed by atoms with Crippen molar-refractivity contribution in [2.24, 2.45) is 0 Å². The van der Waals surface area contributed by atoms with Gasteiger partial charge in [-0.15, -0.1) is 6.42 Å². The van der Waals surface area contributed by atoms with E-state index in [0.29, 0.717) is 11.3 Å². The maximum absolute atomic E-state index is 11.9. The molecule has 0 aliphatic carbocycles. The third-order valence-corrected chi connectivity index (χ3v) is 2.64. The van der Waals surface area contributed by atoms with Crippen LogP contribution in [0.2, 0.25) is 0 Å². The molecule has 0 fully saturated rings. The lowest BCUT2D eigenvalue weighted by Crippen LogP contribution is -2.34. The van der Waals surface area contributed by atoms with Gasteiger partial charge in [-0.3, -0.25) is 14.5 Å². The van der Waals surface area contributed by atoms with Crippen LogP contribution in [0.3, 0.4) is 0 Å². The van der Waals surface area contributed by atoms with Crippen molar-refractivity contribution >= 4 is 17.5 Å². The fourth-order valence-electron chi connectivity index (χ4n) is 1.75. The quantitative estimate of drug-likeness (QED) is 0.601. The summed E-state index contributed by atoms with van der Waals surface area (Å²) in [4.78, 5) is 24.4. The average molecular weight is 256 g/mol. The monoisotopic (exact) mass is 256 g/mol. The van der Waals surface area contributed by atoms with E-state index in [-0.39, 0.29) is 18.8 Å². The van der Waals surface area contributed by atoms with Gasteiger partial charge in [-0.1, -0.05) is 12.0 Å². The zero-order valence-electron chi connectivity index (χ0n) is 10.1. The van der Waals surface area contributed by atoms with E-state index in [1.807, 2.05) is 0 Å². The fraction of sp³-hybridized carbons (Fsp3) is 0.143. The Morgan fingerprint density at radius 1 is 1.37 bits per heavy atom. The molecule has 0 bridgehead atoms. The van der Waals surface area contributed by atoms with E-state index in [9.17, 15) is 9.59 Å². The number of nitrogens with zero attached hydrogens (tertiary/aromatic N) is 1. The van der Waals surface area contributed by atoms with Crippen molar-refractivity contribution in [2.75, 3.05) is 18.5 Å². The minimum Gasteiger partial charge on any atom is -0.395 e. The lowest BCUT2D eigenvalue weighted by Gasteiger charge is -2.13. The summed E-state index contributed by atoms with van der Waals surface area (Å²) in [5.41, 5.74) is 1.48. The number of nitrogens with one attached hydrogen (secondary N) is 1. The Bertz CT molecular complexity index is 599. The van der Waals surface area contributed by atoms with Crippen molar-refractivity contribution in [1.82, 2.24) is 4.90 Å². The molecular weight excluding hydrogens is 244 g/mol. The van der Waals surface area contributed by atoms with Crippen LogP contribution >= 0.6 is 0 Å². The van der Waals surface area contributed by atoms with Gasteiger partial charge in [-0.25, -0.2) is 0 Å². The normalized spacial score (nSPS) is 14.3. The van der Waals surface area contributed by atoms with E-state index < -0.39 is 11.8 Å². The summed E-state index contributed by atoms with van der Waals surface area (Å²) in [6.45, 7) is -0.269. The first kappa shape index (κ1) is 12.9. The molecule has 2 rings (SSSR count). The second-order valence-electron chi connectivity index (χ2n) is 3.93. The molecule has 2 amide bonds. The number of carbonyl (C=O) groups excluding carboxylic acids is 2. The maximum Gasteiger partial charge on any atom is 0.277 e. The zero-order valence-corrected chi connectivity index (χ0v) is 10.1. The molecule has 1 aromatic carbocycles. The molecule has 0 saturated heterocycles. The van der Waals surface area contributed by atoms with E-state index in [0.717, 1.165) is 4.90 Å². The van der Waals surface area contributed by atoms with Crippen LogP contribution in [0.1, 0.15) is 5.56 Å². The van der Waals surface area contributed by atoms with Crippen LogP contribution in [0, 0.1) is 12.3 Å². The molecule has 1 aromatic rings. The number of aliphatic hydroxyl groups excluding tert-OH is 1. The molecule has 0 aromatic heterocycles. The molecule has 0 unspecified atom stereocenters. The van der Waals surface area contributed by atoms with Gasteiger partial charge in [0.05, 0.1) is 13.2 Å². The molecule has 0 radical (unpaired) electrons. The minimum atomic E-state index is -0.454. The summed E-state index contributed by atoms with van der Waals surface area (Å²) in [5, 5.41) is 11.7. The van der Waals surface area contributed by atoms with Crippen molar-refractivity contribution in [3.8, 4) is 12.3 Å². The van der Waals surface area contributed by atoms with E-state index >= 15 is 0 Å². The van der Waals surface area contributed by atoms with Gasteiger partial charge in [-0.2, -0.15) is 0 Å². The number of imide groups is 1. The molecule has 1 aliphatic rings. The molecule has 2 N–H and O–H groups in total. The second-order valence-corrected chi connectivity index (χ2v) is 3.93. The smallest absolute Gasteiger partial charge is 0.277 e. The van der Waals surface area contributed by atoms with Crippen LogP contribution in [0.25, 0.3) is 0 Å². The molecular formula is C14H12N2O3. The number of rotatable bonds is 4. The number of carbonyl (C=O) groups is 2. The first-order valence-corrected chi connectivity index (χ1v) is 5.68. The SMILES string of the molecule is C#Cc1cccc(NC2=CC(=O)N(CCO)C2=O)c1. The number of anilines is 1. The standard InChI is InChI=1S/C14H12N2O3/c1-2-10-4-3-5-11(8-10)15-12-9-13(18)16(6-7-17)14(12)19/h1,3-5,8-9,15,17H,6-7H2. The number of hydrogen-bond acceptors (Lipinski definition) is 4. The van der Waals surface area contributed by atoms with Crippen LogP contribution in [-0.4, -0.2) is 35.0 Å². The lowest BCUT2D eigenvalue weighted by molar-refractivity contribution is -0.137. The third-order valence-electron chi connectivity index (χ3n) is 2.64. The Hall–Kier alpha value is -2.58. The first-order valence-electron chi connectivity index (χ1n) is 5.68. The summed E-state index contributed by atoms with van der Waals surface area (Å²) in [7, 11) is 0. The molecule has 1 heterocycles. The molecule has 0 spiro atoms. The number of hydrogen-bond donors (Lipinski definition) is 2. The topological polar surface area (TPSA) is 69.6 Å². The highest BCUT2D eigenvalue weighted by Crippen LogP contribution is 2.17. The first-order chi connectivity index (χ1) is 9.15. The molecule has 0 saturated carbocycles. The van der Waals surface area contributed by atoms with Gasteiger partial charge in [0.1, 0.15) is 5.70 Å². The Morgan fingerprint density at radius 2 is 2.16 bits per heavy atom.